The van der Waals surface area contributed by atoms with Gasteiger partial charge in [-0.2, -0.15) is 5.10 Å². The number of carbonyl (C=O) groups excluding carboxylic acids is 3. The first-order valence-electron chi connectivity index (χ1n) is 10.8. The number of carbonyl (C=O) groups is 3. The van der Waals surface area contributed by atoms with Crippen LogP contribution in [-0.2, 0) is 27.3 Å². The van der Waals surface area contributed by atoms with Gasteiger partial charge in [0, 0.05) is 17.0 Å². The highest BCUT2D eigenvalue weighted by Gasteiger charge is 2.35. The molecule has 1 heterocycles. The lowest BCUT2D eigenvalue weighted by Crippen LogP contribution is -2.63. The molecule has 0 saturated heterocycles. The summed E-state index contributed by atoms with van der Waals surface area (Å²) in [6, 6.07) is 13.6. The van der Waals surface area contributed by atoms with Crippen molar-refractivity contribution < 1.29 is 19.1 Å². The van der Waals surface area contributed by atoms with Gasteiger partial charge in [-0.05, 0) is 29.7 Å². The molecule has 2 amide bonds. The van der Waals surface area contributed by atoms with Crippen molar-refractivity contribution >= 4 is 40.7 Å². The predicted octanol–water partition coefficient (Wildman–Crippen LogP) is 2.36. The van der Waals surface area contributed by atoms with Gasteiger partial charge in [-0.1, -0.05) is 55.8 Å². The number of halogens is 1. The number of hydrogen-bond donors (Lipinski definition) is 3. The smallest absolute Gasteiger partial charge is 0.408 e. The van der Waals surface area contributed by atoms with Crippen LogP contribution in [0.25, 0.3) is 10.8 Å². The van der Waals surface area contributed by atoms with E-state index in [0.717, 1.165) is 4.79 Å². The van der Waals surface area contributed by atoms with Gasteiger partial charge in [0.25, 0.3) is 5.56 Å². The monoisotopic (exact) mass is 499 g/mol. The first-order chi connectivity index (χ1) is 16.7. The van der Waals surface area contributed by atoms with Gasteiger partial charge >= 0.3 is 6.09 Å². The zero-order chi connectivity index (χ0) is 25.6. The Morgan fingerprint density at radius 1 is 1.14 bits per heavy atom. The van der Waals surface area contributed by atoms with Crippen molar-refractivity contribution in [2.24, 2.45) is 5.92 Å². The molecule has 3 aromatic rings. The fourth-order valence-electron chi connectivity index (χ4n) is 3.46. The number of aromatic nitrogens is 2. The van der Waals surface area contributed by atoms with E-state index >= 15 is 0 Å². The fourth-order valence-corrected chi connectivity index (χ4v) is 3.58. The van der Waals surface area contributed by atoms with Gasteiger partial charge in [0.1, 0.15) is 0 Å². The second-order valence-electron chi connectivity index (χ2n) is 8.16. The number of nitrogens with zero attached hydrogens (tertiary/aromatic N) is 2. The summed E-state index contributed by atoms with van der Waals surface area (Å²) < 4.78 is 4.65. The standard InChI is InChI=1S/C24H26ClN5O5/c1-15(2)24(14-31,27-23(34)35-3)26-13-20-18-6-4-5-7-19(18)22(33)30(28-20)29-21(32)12-16-8-10-17(25)11-9-16/h4-11,14-15,26H,12-13H2,1-3H3,(H,27,34)(H,29,32)/t24-/m1/s1. The molecule has 0 fully saturated rings. The summed E-state index contributed by atoms with van der Waals surface area (Å²) in [6.07, 6.45) is -0.188. The molecule has 0 aliphatic rings. The van der Waals surface area contributed by atoms with E-state index in [2.05, 4.69) is 25.9 Å². The van der Waals surface area contributed by atoms with Gasteiger partial charge < -0.3 is 4.74 Å². The van der Waals surface area contributed by atoms with Crippen molar-refractivity contribution in [2.45, 2.75) is 32.5 Å². The highest BCUT2D eigenvalue weighted by Crippen LogP contribution is 2.17. The Bertz CT molecular complexity index is 1290. The zero-order valence-electron chi connectivity index (χ0n) is 19.5. The Kier molecular flexibility index (Phi) is 8.21. The summed E-state index contributed by atoms with van der Waals surface area (Å²) >= 11 is 5.89. The number of rotatable bonds is 9. The van der Waals surface area contributed by atoms with Crippen LogP contribution in [0.15, 0.2) is 53.3 Å². The third-order valence-corrected chi connectivity index (χ3v) is 5.78. The number of fused-ring (bicyclic) bond motifs is 1. The molecule has 35 heavy (non-hydrogen) atoms. The summed E-state index contributed by atoms with van der Waals surface area (Å²) in [5, 5.41) is 11.3. The molecule has 0 radical (unpaired) electrons. The van der Waals surface area contributed by atoms with Crippen LogP contribution in [0.5, 0.6) is 0 Å². The lowest BCUT2D eigenvalue weighted by molar-refractivity contribution is -0.117. The molecule has 1 aromatic heterocycles. The highest BCUT2D eigenvalue weighted by molar-refractivity contribution is 6.30. The van der Waals surface area contributed by atoms with Crippen molar-refractivity contribution in [3.8, 4) is 0 Å². The molecule has 0 aliphatic heterocycles. The van der Waals surface area contributed by atoms with E-state index in [1.165, 1.54) is 7.11 Å². The Balaban J connectivity index is 1.92. The Labute approximate surface area is 206 Å². The molecule has 11 heteroatoms. The Morgan fingerprint density at radius 2 is 1.80 bits per heavy atom. The molecule has 0 saturated carbocycles. The van der Waals surface area contributed by atoms with Gasteiger partial charge in [-0.15, -0.1) is 4.79 Å². The largest absolute Gasteiger partial charge is 0.453 e. The minimum Gasteiger partial charge on any atom is -0.453 e. The summed E-state index contributed by atoms with van der Waals surface area (Å²) in [4.78, 5) is 50.3. The van der Waals surface area contributed by atoms with Crippen LogP contribution in [0.3, 0.4) is 0 Å². The Morgan fingerprint density at radius 3 is 2.40 bits per heavy atom. The average Bonchev–Trinajstić information content (AvgIpc) is 2.85. The first kappa shape index (κ1) is 25.9. The van der Waals surface area contributed by atoms with E-state index in [1.54, 1.807) is 62.4 Å². The number of amides is 2. The van der Waals surface area contributed by atoms with Crippen LogP contribution in [0.4, 0.5) is 4.79 Å². The SMILES string of the molecule is COC(=O)N[C@@](C=O)(NCc1nn(NC(=O)Cc2ccc(Cl)cc2)c(=O)c2ccccc12)C(C)C. The lowest BCUT2D eigenvalue weighted by Gasteiger charge is -2.33. The van der Waals surface area contributed by atoms with Gasteiger partial charge in [-0.3, -0.25) is 25.0 Å². The van der Waals surface area contributed by atoms with Crippen LogP contribution in [-0.4, -0.2) is 40.9 Å². The molecule has 3 rings (SSSR count). The maximum Gasteiger partial charge on any atom is 0.408 e. The molecule has 3 N–H and O–H groups in total. The van der Waals surface area contributed by atoms with E-state index in [9.17, 15) is 19.2 Å². The molecular formula is C24H26ClN5O5. The van der Waals surface area contributed by atoms with Crippen molar-refractivity contribution in [3.63, 3.8) is 0 Å². The molecule has 1 atom stereocenters. The van der Waals surface area contributed by atoms with Crippen molar-refractivity contribution in [1.82, 2.24) is 20.5 Å². The molecule has 0 spiro atoms. The molecule has 0 unspecified atom stereocenters. The van der Waals surface area contributed by atoms with Crippen LogP contribution < -0.4 is 21.6 Å². The van der Waals surface area contributed by atoms with Crippen LogP contribution in [0, 0.1) is 5.92 Å². The number of hydrogen-bond acceptors (Lipinski definition) is 7. The molecule has 0 aliphatic carbocycles. The quantitative estimate of drug-likeness (QED) is 0.304. The topological polar surface area (TPSA) is 131 Å². The Hall–Kier alpha value is -3.76. The van der Waals surface area contributed by atoms with Crippen LogP contribution in [0.1, 0.15) is 25.1 Å². The van der Waals surface area contributed by atoms with Gasteiger partial charge in [0.05, 0.1) is 24.6 Å². The number of alkyl carbamates (subject to hydrolysis) is 1. The normalized spacial score (nSPS) is 12.7. The minimum absolute atomic E-state index is 0.00520. The fraction of sp³-hybridized carbons (Fsp3) is 0.292. The maximum atomic E-state index is 13.0. The zero-order valence-corrected chi connectivity index (χ0v) is 20.3. The maximum absolute atomic E-state index is 13.0. The number of methoxy groups -OCH3 is 1. The van der Waals surface area contributed by atoms with E-state index < -0.39 is 23.2 Å². The second-order valence-corrected chi connectivity index (χ2v) is 8.60. The summed E-state index contributed by atoms with van der Waals surface area (Å²) in [7, 11) is 1.20. The molecule has 0 bridgehead atoms. The first-order valence-corrected chi connectivity index (χ1v) is 11.2. The van der Waals surface area contributed by atoms with Crippen molar-refractivity contribution in [1.29, 1.82) is 0 Å². The predicted molar refractivity (Wildman–Crippen MR) is 132 cm³/mol. The van der Waals surface area contributed by atoms with E-state index in [1.807, 2.05) is 0 Å². The number of aldehydes is 1. The van der Waals surface area contributed by atoms with E-state index in [-0.39, 0.29) is 18.9 Å². The third-order valence-electron chi connectivity index (χ3n) is 5.53. The molecular weight excluding hydrogens is 474 g/mol. The van der Waals surface area contributed by atoms with Crippen LogP contribution in [0.2, 0.25) is 5.02 Å². The number of nitrogens with one attached hydrogen (secondary N) is 3. The van der Waals surface area contributed by atoms with Gasteiger partial charge in [-0.25, -0.2) is 10.2 Å². The highest BCUT2D eigenvalue weighted by atomic mass is 35.5. The van der Waals surface area contributed by atoms with Gasteiger partial charge in [0.15, 0.2) is 11.9 Å². The van der Waals surface area contributed by atoms with Crippen molar-refractivity contribution in [3.05, 3.63) is 75.2 Å². The molecule has 184 valence electrons. The van der Waals surface area contributed by atoms with Crippen molar-refractivity contribution in [2.75, 3.05) is 12.5 Å². The summed E-state index contributed by atoms with van der Waals surface area (Å²) in [6.45, 7) is 3.50. The second kappa shape index (κ2) is 11.1. The van der Waals surface area contributed by atoms with E-state index in [0.29, 0.717) is 33.3 Å². The molecule has 10 nitrogen and oxygen atoms in total. The van der Waals surface area contributed by atoms with E-state index in [4.69, 9.17) is 11.6 Å². The summed E-state index contributed by atoms with van der Waals surface area (Å²) in [5.74, 6) is -0.803. The lowest BCUT2D eigenvalue weighted by atomic mass is 9.97. The van der Waals surface area contributed by atoms with Gasteiger partial charge in [0.2, 0.25) is 5.91 Å². The minimum atomic E-state index is -1.45. The average molecular weight is 500 g/mol. The number of benzene rings is 2. The molecule has 2 aromatic carbocycles. The number of ether oxygens (including phenoxy) is 1. The summed E-state index contributed by atoms with van der Waals surface area (Å²) in [5.41, 5.74) is 1.65. The third kappa shape index (κ3) is 6.03. The van der Waals surface area contributed by atoms with Crippen LogP contribution >= 0.6 is 11.6 Å².